The van der Waals surface area contributed by atoms with Gasteiger partial charge in [-0.1, -0.05) is 19.8 Å². The second-order valence-corrected chi connectivity index (χ2v) is 8.99. The Hall–Kier alpha value is -1.40. The van der Waals surface area contributed by atoms with Crippen LogP contribution in [0.15, 0.2) is 24.3 Å². The molecular weight excluding hydrogens is 350 g/mol. The Labute approximate surface area is 158 Å². The minimum absolute atomic E-state index is 0.00692. The second-order valence-electron chi connectivity index (χ2n) is 7.04. The SMILES string of the molecule is CCS(=O)C1CCCCC1NC(=O)c1ccc(OCC2CCCO2)cc1. The summed E-state index contributed by atoms with van der Waals surface area (Å²) in [5.41, 5.74) is 0.612. The molecule has 26 heavy (non-hydrogen) atoms. The van der Waals surface area contributed by atoms with Crippen LogP contribution in [0.1, 0.15) is 55.8 Å². The van der Waals surface area contributed by atoms with Crippen molar-refractivity contribution in [2.24, 2.45) is 0 Å². The van der Waals surface area contributed by atoms with Crippen LogP contribution in [-0.4, -0.2) is 46.5 Å². The maximum atomic E-state index is 12.6. The van der Waals surface area contributed by atoms with Crippen LogP contribution in [0.5, 0.6) is 5.75 Å². The summed E-state index contributed by atoms with van der Waals surface area (Å²) in [7, 11) is -0.871. The van der Waals surface area contributed by atoms with Gasteiger partial charge in [0, 0.05) is 34.8 Å². The summed E-state index contributed by atoms with van der Waals surface area (Å²) in [4.78, 5) is 12.6. The number of carbonyl (C=O) groups is 1. The average Bonchev–Trinajstić information content (AvgIpc) is 3.20. The summed E-state index contributed by atoms with van der Waals surface area (Å²) in [6.45, 7) is 3.31. The molecule has 1 heterocycles. The molecule has 1 amide bonds. The molecule has 4 atom stereocenters. The molecule has 1 saturated carbocycles. The van der Waals surface area contributed by atoms with Gasteiger partial charge in [0.05, 0.1) is 11.4 Å². The molecule has 1 aromatic rings. The van der Waals surface area contributed by atoms with Gasteiger partial charge in [-0.15, -0.1) is 0 Å². The fourth-order valence-corrected chi connectivity index (χ4v) is 5.14. The van der Waals surface area contributed by atoms with Crippen LogP contribution in [0.4, 0.5) is 0 Å². The number of hydrogen-bond donors (Lipinski definition) is 1. The monoisotopic (exact) mass is 379 g/mol. The van der Waals surface area contributed by atoms with Crippen molar-refractivity contribution >= 4 is 16.7 Å². The summed E-state index contributed by atoms with van der Waals surface area (Å²) in [5.74, 6) is 1.30. The molecule has 144 valence electrons. The first kappa shape index (κ1) is 19.4. The third kappa shape index (κ3) is 5.07. The number of amides is 1. The zero-order valence-corrected chi connectivity index (χ0v) is 16.3. The molecule has 0 bridgehead atoms. The molecule has 2 aliphatic rings. The Balaban J connectivity index is 1.54. The van der Waals surface area contributed by atoms with Gasteiger partial charge in [-0.05, 0) is 49.9 Å². The quantitative estimate of drug-likeness (QED) is 0.791. The molecule has 3 rings (SSSR count). The Bertz CT molecular complexity index is 613. The van der Waals surface area contributed by atoms with Crippen molar-refractivity contribution in [2.75, 3.05) is 19.0 Å². The normalized spacial score (nSPS) is 27.0. The lowest BCUT2D eigenvalue weighted by atomic mass is 9.94. The molecule has 0 spiro atoms. The van der Waals surface area contributed by atoms with Crippen molar-refractivity contribution in [3.05, 3.63) is 29.8 Å². The highest BCUT2D eigenvalue weighted by molar-refractivity contribution is 7.85. The third-order valence-corrected chi connectivity index (χ3v) is 7.03. The first-order valence-electron chi connectivity index (χ1n) is 9.70. The predicted octanol–water partition coefficient (Wildman–Crippen LogP) is 3.05. The van der Waals surface area contributed by atoms with Crippen LogP contribution in [0.3, 0.4) is 0 Å². The van der Waals surface area contributed by atoms with E-state index in [4.69, 9.17) is 9.47 Å². The molecule has 4 unspecified atom stereocenters. The van der Waals surface area contributed by atoms with Gasteiger partial charge in [0.15, 0.2) is 0 Å². The van der Waals surface area contributed by atoms with Gasteiger partial charge in [0.2, 0.25) is 0 Å². The molecule has 1 saturated heterocycles. The summed E-state index contributed by atoms with van der Waals surface area (Å²) >= 11 is 0. The number of ether oxygens (including phenoxy) is 2. The van der Waals surface area contributed by atoms with Gasteiger partial charge in [-0.25, -0.2) is 0 Å². The van der Waals surface area contributed by atoms with Crippen molar-refractivity contribution in [3.63, 3.8) is 0 Å². The van der Waals surface area contributed by atoms with Crippen molar-refractivity contribution in [3.8, 4) is 5.75 Å². The number of nitrogens with one attached hydrogen (secondary N) is 1. The van der Waals surface area contributed by atoms with Crippen molar-refractivity contribution in [1.82, 2.24) is 5.32 Å². The molecule has 1 aliphatic carbocycles. The van der Waals surface area contributed by atoms with E-state index in [1.165, 1.54) is 0 Å². The summed E-state index contributed by atoms with van der Waals surface area (Å²) in [6, 6.07) is 7.23. The molecule has 0 aromatic heterocycles. The molecule has 1 aromatic carbocycles. The maximum Gasteiger partial charge on any atom is 0.251 e. The highest BCUT2D eigenvalue weighted by atomic mass is 32.2. The zero-order chi connectivity index (χ0) is 18.4. The van der Waals surface area contributed by atoms with Gasteiger partial charge in [-0.3, -0.25) is 9.00 Å². The third-order valence-electron chi connectivity index (χ3n) is 5.22. The fraction of sp³-hybridized carbons (Fsp3) is 0.650. The topological polar surface area (TPSA) is 64.6 Å². The molecule has 1 aliphatic heterocycles. The van der Waals surface area contributed by atoms with E-state index in [0.717, 1.165) is 50.9 Å². The van der Waals surface area contributed by atoms with Crippen LogP contribution in [0.2, 0.25) is 0 Å². The lowest BCUT2D eigenvalue weighted by Crippen LogP contribution is -2.47. The van der Waals surface area contributed by atoms with E-state index in [1.807, 2.05) is 19.1 Å². The largest absolute Gasteiger partial charge is 0.491 e. The zero-order valence-electron chi connectivity index (χ0n) is 15.4. The lowest BCUT2D eigenvalue weighted by molar-refractivity contribution is 0.0679. The Morgan fingerprint density at radius 3 is 2.65 bits per heavy atom. The van der Waals surface area contributed by atoms with Crippen LogP contribution >= 0.6 is 0 Å². The highest BCUT2D eigenvalue weighted by Crippen LogP contribution is 2.24. The minimum Gasteiger partial charge on any atom is -0.491 e. The Kier molecular flexibility index (Phi) is 7.08. The van der Waals surface area contributed by atoms with Gasteiger partial charge >= 0.3 is 0 Å². The molecule has 5 nitrogen and oxygen atoms in total. The minimum atomic E-state index is -0.871. The number of rotatable bonds is 7. The number of benzene rings is 1. The fourth-order valence-electron chi connectivity index (χ4n) is 3.71. The molecule has 0 radical (unpaired) electrons. The van der Waals surface area contributed by atoms with Crippen LogP contribution < -0.4 is 10.1 Å². The van der Waals surface area contributed by atoms with E-state index in [2.05, 4.69) is 5.32 Å². The van der Waals surface area contributed by atoms with E-state index in [-0.39, 0.29) is 23.3 Å². The van der Waals surface area contributed by atoms with E-state index in [9.17, 15) is 9.00 Å². The van der Waals surface area contributed by atoms with E-state index in [0.29, 0.717) is 17.9 Å². The number of carbonyl (C=O) groups excluding carboxylic acids is 1. The lowest BCUT2D eigenvalue weighted by Gasteiger charge is -2.31. The molecular formula is C20H29NO4S. The Morgan fingerprint density at radius 1 is 1.19 bits per heavy atom. The van der Waals surface area contributed by atoms with E-state index < -0.39 is 10.8 Å². The van der Waals surface area contributed by atoms with Crippen LogP contribution in [-0.2, 0) is 15.5 Å². The number of hydrogen-bond acceptors (Lipinski definition) is 4. The average molecular weight is 380 g/mol. The van der Waals surface area contributed by atoms with Gasteiger partial charge in [-0.2, -0.15) is 0 Å². The van der Waals surface area contributed by atoms with Crippen LogP contribution in [0, 0.1) is 0 Å². The van der Waals surface area contributed by atoms with Crippen molar-refractivity contribution in [1.29, 1.82) is 0 Å². The first-order chi connectivity index (χ1) is 12.7. The van der Waals surface area contributed by atoms with E-state index >= 15 is 0 Å². The van der Waals surface area contributed by atoms with Gasteiger partial charge in [0.1, 0.15) is 12.4 Å². The van der Waals surface area contributed by atoms with Crippen molar-refractivity contribution < 1.29 is 18.5 Å². The highest BCUT2D eigenvalue weighted by Gasteiger charge is 2.30. The van der Waals surface area contributed by atoms with Crippen LogP contribution in [0.25, 0.3) is 0 Å². The summed E-state index contributed by atoms with van der Waals surface area (Å²) in [6.07, 6.45) is 6.34. The first-order valence-corrected chi connectivity index (χ1v) is 11.1. The van der Waals surface area contributed by atoms with Crippen molar-refractivity contribution in [2.45, 2.75) is 62.8 Å². The van der Waals surface area contributed by atoms with Gasteiger partial charge in [0.25, 0.3) is 5.91 Å². The molecule has 2 fully saturated rings. The summed E-state index contributed by atoms with van der Waals surface area (Å²) in [5, 5.41) is 3.18. The molecule has 6 heteroatoms. The van der Waals surface area contributed by atoms with E-state index in [1.54, 1.807) is 12.1 Å². The summed E-state index contributed by atoms with van der Waals surface area (Å²) < 4.78 is 23.5. The standard InChI is InChI=1S/C20H29NO4S/c1-2-26(23)19-8-4-3-7-18(19)21-20(22)15-9-11-16(12-10-15)25-14-17-6-5-13-24-17/h9-12,17-19H,2-8,13-14H2,1H3,(H,21,22). The maximum absolute atomic E-state index is 12.6. The Morgan fingerprint density at radius 2 is 1.96 bits per heavy atom. The second kappa shape index (κ2) is 9.51. The predicted molar refractivity (Wildman–Crippen MR) is 103 cm³/mol. The van der Waals surface area contributed by atoms with Gasteiger partial charge < -0.3 is 14.8 Å². The molecule has 1 N–H and O–H groups in total. The smallest absolute Gasteiger partial charge is 0.251 e.